The fourth-order valence-electron chi connectivity index (χ4n) is 2.55. The zero-order chi connectivity index (χ0) is 22.1. The number of amides is 1. The van der Waals surface area contributed by atoms with Crippen LogP contribution in [0.5, 0.6) is 5.75 Å². The molecule has 2 heterocycles. The Labute approximate surface area is 179 Å². The second-order valence-electron chi connectivity index (χ2n) is 6.63. The summed E-state index contributed by atoms with van der Waals surface area (Å²) in [6, 6.07) is 7.19. The topological polar surface area (TPSA) is 130 Å². The van der Waals surface area contributed by atoms with Crippen LogP contribution in [-0.2, 0) is 9.53 Å². The molecule has 0 saturated heterocycles. The number of rotatable bonds is 11. The number of benzene rings is 1. The van der Waals surface area contributed by atoms with Crippen molar-refractivity contribution in [3.63, 3.8) is 0 Å². The van der Waals surface area contributed by atoms with Crippen molar-refractivity contribution in [2.24, 2.45) is 0 Å². The monoisotopic (exact) mass is 423 g/mol. The average molecular weight is 423 g/mol. The summed E-state index contributed by atoms with van der Waals surface area (Å²) in [5.74, 6) is 1.44. The maximum Gasteiger partial charge on any atom is 0.258 e. The zero-order valence-electron chi connectivity index (χ0n) is 17.4. The minimum atomic E-state index is -0.205. The number of methoxy groups -OCH3 is 1. The molecule has 3 aromatic rings. The second kappa shape index (κ2) is 10.7. The van der Waals surface area contributed by atoms with Gasteiger partial charge in [-0.3, -0.25) is 9.89 Å². The Bertz CT molecular complexity index is 1040. The van der Waals surface area contributed by atoms with Crippen LogP contribution in [0.2, 0.25) is 0 Å². The van der Waals surface area contributed by atoms with Gasteiger partial charge in [0.2, 0.25) is 5.95 Å². The van der Waals surface area contributed by atoms with E-state index >= 15 is 0 Å². The number of carbonyl (C=O) groups is 1. The van der Waals surface area contributed by atoms with Crippen molar-refractivity contribution in [2.75, 3.05) is 32.2 Å². The smallest absolute Gasteiger partial charge is 0.258 e. The van der Waals surface area contributed by atoms with Gasteiger partial charge in [0.1, 0.15) is 5.75 Å². The van der Waals surface area contributed by atoms with Crippen LogP contribution in [0.15, 0.2) is 48.8 Å². The van der Waals surface area contributed by atoms with E-state index in [0.29, 0.717) is 36.4 Å². The predicted molar refractivity (Wildman–Crippen MR) is 117 cm³/mol. The minimum absolute atomic E-state index is 0.0624. The molecule has 0 aliphatic heterocycles. The van der Waals surface area contributed by atoms with Gasteiger partial charge in [0, 0.05) is 24.9 Å². The van der Waals surface area contributed by atoms with Gasteiger partial charge in [-0.05, 0) is 48.9 Å². The molecule has 4 N–H and O–H groups in total. The maximum absolute atomic E-state index is 11.7. The van der Waals surface area contributed by atoms with Gasteiger partial charge in [-0.1, -0.05) is 6.58 Å². The highest BCUT2D eigenvalue weighted by Crippen LogP contribution is 2.20. The van der Waals surface area contributed by atoms with Crippen LogP contribution < -0.4 is 15.4 Å². The Kier molecular flexibility index (Phi) is 7.55. The lowest BCUT2D eigenvalue weighted by molar-refractivity contribution is -0.123. The van der Waals surface area contributed by atoms with Gasteiger partial charge in [-0.25, -0.2) is 0 Å². The highest BCUT2D eigenvalue weighted by molar-refractivity contribution is 5.77. The molecule has 0 unspecified atom stereocenters. The zero-order valence-corrected chi connectivity index (χ0v) is 17.4. The van der Waals surface area contributed by atoms with Crippen molar-refractivity contribution in [3.05, 3.63) is 60.1 Å². The summed E-state index contributed by atoms with van der Waals surface area (Å²) in [6.45, 7) is 6.77. The first-order chi connectivity index (χ1) is 15.0. The number of allylic oxidation sites excluding steroid dienone is 1. The number of hydrogen-bond donors (Lipinski definition) is 4. The standard InChI is InChI=1S/C21H25N7O3/c1-14-12-23-26-18(14)9-4-15(2)24-21-25-20(27-28-21)16-5-7-17(8-6-16)31-13-19(29)22-10-11-30-3/h4-9,12H,2,10-11,13H2,1,3H3,(H,22,29)(H,23,26)(H2,24,25,27,28)/b9-4-. The third-order valence-electron chi connectivity index (χ3n) is 4.21. The predicted octanol–water partition coefficient (Wildman–Crippen LogP) is 2.28. The number of H-pyrrole nitrogens is 2. The fourth-order valence-corrected chi connectivity index (χ4v) is 2.55. The van der Waals surface area contributed by atoms with Crippen LogP contribution in [0.4, 0.5) is 5.95 Å². The highest BCUT2D eigenvalue weighted by atomic mass is 16.5. The summed E-state index contributed by atoms with van der Waals surface area (Å²) in [4.78, 5) is 14.8. The number of hydrogen-bond acceptors (Lipinski definition) is 7. The Balaban J connectivity index is 1.51. The van der Waals surface area contributed by atoms with Gasteiger partial charge < -0.3 is 25.1 Å². The van der Waals surface area contributed by atoms with E-state index in [1.54, 1.807) is 25.4 Å². The molecule has 0 radical (unpaired) electrons. The van der Waals surface area contributed by atoms with Crippen molar-refractivity contribution in [3.8, 4) is 17.1 Å². The maximum atomic E-state index is 11.7. The number of aromatic nitrogens is 5. The van der Waals surface area contributed by atoms with Crippen molar-refractivity contribution in [1.82, 2.24) is 30.7 Å². The van der Waals surface area contributed by atoms with Crippen LogP contribution in [0.25, 0.3) is 17.5 Å². The second-order valence-corrected chi connectivity index (χ2v) is 6.63. The number of ether oxygens (including phenoxy) is 2. The molecule has 10 nitrogen and oxygen atoms in total. The molecule has 162 valence electrons. The third-order valence-corrected chi connectivity index (χ3v) is 4.21. The van der Waals surface area contributed by atoms with E-state index in [1.807, 2.05) is 31.2 Å². The molecule has 1 amide bonds. The molecule has 0 aliphatic rings. The molecule has 1 aromatic carbocycles. The van der Waals surface area contributed by atoms with Crippen LogP contribution in [0.3, 0.4) is 0 Å². The lowest BCUT2D eigenvalue weighted by atomic mass is 10.2. The average Bonchev–Trinajstić information content (AvgIpc) is 3.40. The summed E-state index contributed by atoms with van der Waals surface area (Å²) in [5.41, 5.74) is 3.43. The summed E-state index contributed by atoms with van der Waals surface area (Å²) in [6.07, 6.45) is 5.46. The molecule has 10 heteroatoms. The largest absolute Gasteiger partial charge is 0.484 e. The lowest BCUT2D eigenvalue weighted by Crippen LogP contribution is -2.31. The van der Waals surface area contributed by atoms with Crippen molar-refractivity contribution >= 4 is 17.9 Å². The summed E-state index contributed by atoms with van der Waals surface area (Å²) in [7, 11) is 1.58. The first-order valence-electron chi connectivity index (χ1n) is 9.60. The van der Waals surface area contributed by atoms with Crippen LogP contribution in [-0.4, -0.2) is 58.2 Å². The Hall–Kier alpha value is -3.92. The summed E-state index contributed by atoms with van der Waals surface area (Å²) in [5, 5.41) is 20.9. The molecule has 0 aliphatic carbocycles. The minimum Gasteiger partial charge on any atom is -0.484 e. The number of carbonyl (C=O) groups excluding carboxylic acids is 1. The molecule has 0 bridgehead atoms. The SMILES string of the molecule is C=C(/C=C\c1[nH]ncc1C)Nc1nnc(-c2ccc(OCC(=O)NCCOC)cc2)[nH]1. The summed E-state index contributed by atoms with van der Waals surface area (Å²) < 4.78 is 10.4. The normalized spacial score (nSPS) is 10.9. The number of nitrogens with one attached hydrogen (secondary N) is 4. The number of aryl methyl sites for hydroxylation is 1. The number of aromatic amines is 2. The first-order valence-corrected chi connectivity index (χ1v) is 9.60. The van der Waals surface area contributed by atoms with E-state index < -0.39 is 0 Å². The Morgan fingerprint density at radius 2 is 2.06 bits per heavy atom. The molecule has 3 rings (SSSR count). The molecule has 0 saturated carbocycles. The van der Waals surface area contributed by atoms with Crippen LogP contribution in [0.1, 0.15) is 11.3 Å². The quantitative estimate of drug-likeness (QED) is 0.275. The van der Waals surface area contributed by atoms with Gasteiger partial charge in [0.25, 0.3) is 5.91 Å². The molecule has 0 fully saturated rings. The van der Waals surface area contributed by atoms with E-state index in [-0.39, 0.29) is 12.5 Å². The van der Waals surface area contributed by atoms with Crippen LogP contribution in [0, 0.1) is 6.92 Å². The first kappa shape index (κ1) is 21.8. The fraction of sp³-hybridized carbons (Fsp3) is 0.238. The van der Waals surface area contributed by atoms with E-state index in [9.17, 15) is 4.79 Å². The van der Waals surface area contributed by atoms with Crippen LogP contribution >= 0.6 is 0 Å². The van der Waals surface area contributed by atoms with Gasteiger partial charge in [0.05, 0.1) is 18.5 Å². The molecule has 0 spiro atoms. The van der Waals surface area contributed by atoms with Gasteiger partial charge in [-0.2, -0.15) is 5.10 Å². The van der Waals surface area contributed by atoms with Gasteiger partial charge in [0.15, 0.2) is 12.4 Å². The van der Waals surface area contributed by atoms with E-state index in [2.05, 4.69) is 42.6 Å². The van der Waals surface area contributed by atoms with Crippen molar-refractivity contribution in [1.29, 1.82) is 0 Å². The Morgan fingerprint density at radius 1 is 1.26 bits per heavy atom. The van der Waals surface area contributed by atoms with Gasteiger partial charge >= 0.3 is 0 Å². The third kappa shape index (κ3) is 6.54. The van der Waals surface area contributed by atoms with Crippen molar-refractivity contribution < 1.29 is 14.3 Å². The van der Waals surface area contributed by atoms with E-state index in [1.165, 1.54) is 0 Å². The summed E-state index contributed by atoms with van der Waals surface area (Å²) >= 11 is 0. The molecular weight excluding hydrogens is 398 g/mol. The molecule has 2 aromatic heterocycles. The molecule has 0 atom stereocenters. The number of anilines is 1. The van der Waals surface area contributed by atoms with Gasteiger partial charge in [-0.15, -0.1) is 10.2 Å². The highest BCUT2D eigenvalue weighted by Gasteiger charge is 2.07. The Morgan fingerprint density at radius 3 is 2.77 bits per heavy atom. The molecular formula is C21H25N7O3. The number of nitrogens with zero attached hydrogens (tertiary/aromatic N) is 3. The lowest BCUT2D eigenvalue weighted by Gasteiger charge is -2.07. The van der Waals surface area contributed by atoms with E-state index in [4.69, 9.17) is 9.47 Å². The molecule has 31 heavy (non-hydrogen) atoms. The van der Waals surface area contributed by atoms with E-state index in [0.717, 1.165) is 16.8 Å². The van der Waals surface area contributed by atoms with Crippen molar-refractivity contribution in [2.45, 2.75) is 6.92 Å².